The Labute approximate surface area is 588 Å². The van der Waals surface area contributed by atoms with Crippen molar-refractivity contribution in [2.75, 3.05) is 39.6 Å². The van der Waals surface area contributed by atoms with Crippen LogP contribution in [0.25, 0.3) is 0 Å². The Bertz CT molecular complexity index is 1870. The van der Waals surface area contributed by atoms with Crippen LogP contribution in [0.5, 0.6) is 0 Å². The van der Waals surface area contributed by atoms with Crippen LogP contribution in [0.1, 0.15) is 395 Å². The topological polar surface area (TPSA) is 237 Å². The summed E-state index contributed by atoms with van der Waals surface area (Å²) in [7, 11) is -9.91. The Balaban J connectivity index is 5.20. The Kier molecular flexibility index (Phi) is 66.2. The summed E-state index contributed by atoms with van der Waals surface area (Å²) in [6.45, 7) is 11.8. The maximum Gasteiger partial charge on any atom is 0.472 e. The minimum Gasteiger partial charge on any atom is -0.462 e. The van der Waals surface area contributed by atoms with Gasteiger partial charge in [-0.3, -0.25) is 37.3 Å². The number of hydrogen-bond acceptors (Lipinski definition) is 15. The Morgan fingerprint density at radius 1 is 0.281 bits per heavy atom. The van der Waals surface area contributed by atoms with Crippen molar-refractivity contribution in [1.29, 1.82) is 0 Å². The normalized spacial score (nSPS) is 14.1. The molecule has 0 spiro atoms. The van der Waals surface area contributed by atoms with E-state index in [0.717, 1.165) is 108 Å². The molecule has 0 fully saturated rings. The van der Waals surface area contributed by atoms with Crippen molar-refractivity contribution in [2.45, 2.75) is 414 Å². The highest BCUT2D eigenvalue weighted by Gasteiger charge is 2.30. The van der Waals surface area contributed by atoms with Gasteiger partial charge in [0.2, 0.25) is 0 Å². The molecule has 3 N–H and O–H groups in total. The second kappa shape index (κ2) is 67.5. The van der Waals surface area contributed by atoms with Crippen LogP contribution in [-0.2, 0) is 65.4 Å². The van der Waals surface area contributed by atoms with Crippen LogP contribution in [-0.4, -0.2) is 96.7 Å². The molecule has 96 heavy (non-hydrogen) atoms. The van der Waals surface area contributed by atoms with E-state index in [4.69, 9.17) is 37.0 Å². The Morgan fingerprint density at radius 3 is 0.708 bits per heavy atom. The SMILES string of the molecule is CCCCCCCCCCCCCCCCCCCCCCCC(=O)O[C@H](COC(=O)CCCCCCCCCCCCCC(C)C)COP(=O)(O)OC[C@@H](O)COP(=O)(O)OC[C@@H](COC(=O)CCCCCCCCCC(C)C)OC(=O)CCCCCCCCCCC(C)C. The molecule has 0 aliphatic carbocycles. The van der Waals surface area contributed by atoms with Gasteiger partial charge in [-0.25, -0.2) is 9.13 Å². The first-order chi connectivity index (χ1) is 46.2. The van der Waals surface area contributed by atoms with Gasteiger partial charge >= 0.3 is 39.5 Å². The standard InChI is InChI=1S/C77H150O17P2/c1-8-9-10-11-12-13-14-15-16-17-18-19-20-21-22-23-26-30-38-46-53-60-76(81)93-72(64-87-74(79)58-51-44-37-29-27-24-25-28-34-41-48-55-68(2)3)66-91-95(83,84)89-62-71(78)63-90-96(85,86)92-67-73(65-88-75(80)59-52-45-40-33-36-43-50-57-70(6)7)94-77(82)61-54-47-39-32-31-35-42-49-56-69(4)5/h68-73,78H,8-67H2,1-7H3,(H,83,84)(H,85,86)/t71-,72-,73-/m1/s1. The summed E-state index contributed by atoms with van der Waals surface area (Å²) >= 11 is 0. The van der Waals surface area contributed by atoms with Crippen LogP contribution in [0.2, 0.25) is 0 Å². The lowest BCUT2D eigenvalue weighted by atomic mass is 10.0. The van der Waals surface area contributed by atoms with Gasteiger partial charge in [-0.2, -0.15) is 0 Å². The van der Waals surface area contributed by atoms with Crippen molar-refractivity contribution in [3.05, 3.63) is 0 Å². The summed E-state index contributed by atoms with van der Waals surface area (Å²) < 4.78 is 68.5. The van der Waals surface area contributed by atoms with Crippen molar-refractivity contribution in [1.82, 2.24) is 0 Å². The molecule has 0 amide bonds. The summed E-state index contributed by atoms with van der Waals surface area (Å²) in [4.78, 5) is 72.8. The fraction of sp³-hybridized carbons (Fsp3) is 0.948. The fourth-order valence-electron chi connectivity index (χ4n) is 11.8. The van der Waals surface area contributed by atoms with Crippen LogP contribution in [0.3, 0.4) is 0 Å². The third-order valence-corrected chi connectivity index (χ3v) is 19.8. The first kappa shape index (κ1) is 94.1. The summed E-state index contributed by atoms with van der Waals surface area (Å²) in [5.74, 6) is 0.0734. The summed E-state index contributed by atoms with van der Waals surface area (Å²) in [5.41, 5.74) is 0. The summed E-state index contributed by atoms with van der Waals surface area (Å²) in [6, 6.07) is 0. The summed E-state index contributed by atoms with van der Waals surface area (Å²) in [5, 5.41) is 10.6. The van der Waals surface area contributed by atoms with Gasteiger partial charge in [-0.1, -0.05) is 344 Å². The maximum atomic E-state index is 13.1. The monoisotopic (exact) mass is 1410 g/mol. The number of hydrogen-bond donors (Lipinski definition) is 3. The number of carbonyl (C=O) groups is 4. The molecule has 0 aromatic carbocycles. The van der Waals surface area contributed by atoms with Crippen molar-refractivity contribution in [2.24, 2.45) is 17.8 Å². The fourth-order valence-corrected chi connectivity index (χ4v) is 13.4. The number of aliphatic hydroxyl groups is 1. The molecule has 0 aromatic heterocycles. The van der Waals surface area contributed by atoms with E-state index in [1.54, 1.807) is 0 Å². The smallest absolute Gasteiger partial charge is 0.462 e. The number of esters is 4. The van der Waals surface area contributed by atoms with E-state index in [9.17, 15) is 43.2 Å². The van der Waals surface area contributed by atoms with E-state index in [1.807, 2.05) is 0 Å². The van der Waals surface area contributed by atoms with Crippen molar-refractivity contribution in [3.63, 3.8) is 0 Å². The van der Waals surface area contributed by atoms with Gasteiger partial charge < -0.3 is 33.8 Å². The highest BCUT2D eigenvalue weighted by Crippen LogP contribution is 2.45. The Morgan fingerprint density at radius 2 is 0.479 bits per heavy atom. The molecule has 0 radical (unpaired) electrons. The van der Waals surface area contributed by atoms with E-state index in [0.29, 0.717) is 31.6 Å². The van der Waals surface area contributed by atoms with Gasteiger partial charge in [0.15, 0.2) is 12.2 Å². The van der Waals surface area contributed by atoms with Gasteiger partial charge in [-0.15, -0.1) is 0 Å². The molecule has 0 saturated heterocycles. The molecule has 2 unspecified atom stereocenters. The number of ether oxygens (including phenoxy) is 4. The number of phosphoric ester groups is 2. The van der Waals surface area contributed by atoms with Crippen LogP contribution < -0.4 is 0 Å². The zero-order valence-corrected chi connectivity index (χ0v) is 64.6. The highest BCUT2D eigenvalue weighted by molar-refractivity contribution is 7.47. The minimum atomic E-state index is -4.96. The molecular formula is C77H150O17P2. The van der Waals surface area contributed by atoms with Gasteiger partial charge in [0, 0.05) is 25.7 Å². The maximum absolute atomic E-state index is 13.1. The molecule has 0 saturated carbocycles. The van der Waals surface area contributed by atoms with Gasteiger partial charge in [0.1, 0.15) is 19.3 Å². The lowest BCUT2D eigenvalue weighted by Gasteiger charge is -2.21. The average Bonchev–Trinajstić information content (AvgIpc) is 3.68. The first-order valence-electron chi connectivity index (χ1n) is 39.8. The number of aliphatic hydroxyl groups excluding tert-OH is 1. The molecule has 0 rings (SSSR count). The largest absolute Gasteiger partial charge is 0.472 e. The van der Waals surface area contributed by atoms with Crippen LogP contribution in [0.4, 0.5) is 0 Å². The molecular weight excluding hydrogens is 1260 g/mol. The second-order valence-electron chi connectivity index (χ2n) is 29.2. The molecule has 570 valence electrons. The third kappa shape index (κ3) is 70.5. The molecule has 17 nitrogen and oxygen atoms in total. The van der Waals surface area contributed by atoms with E-state index in [2.05, 4.69) is 48.5 Å². The average molecular weight is 1410 g/mol. The van der Waals surface area contributed by atoms with E-state index < -0.39 is 97.5 Å². The van der Waals surface area contributed by atoms with Gasteiger partial charge in [0.05, 0.1) is 26.4 Å². The number of rotatable bonds is 75. The zero-order chi connectivity index (χ0) is 70.9. The van der Waals surface area contributed by atoms with Crippen molar-refractivity contribution in [3.8, 4) is 0 Å². The summed E-state index contributed by atoms with van der Waals surface area (Å²) in [6.07, 6.45) is 54.4. The molecule has 0 aromatic rings. The Hall–Kier alpha value is -1.94. The first-order valence-corrected chi connectivity index (χ1v) is 42.8. The molecule has 0 aliphatic heterocycles. The minimum absolute atomic E-state index is 0.104. The zero-order valence-electron chi connectivity index (χ0n) is 62.8. The van der Waals surface area contributed by atoms with Gasteiger partial charge in [0.25, 0.3) is 0 Å². The predicted octanol–water partition coefficient (Wildman–Crippen LogP) is 22.6. The number of carbonyl (C=O) groups excluding carboxylic acids is 4. The number of phosphoric acid groups is 2. The predicted molar refractivity (Wildman–Crippen MR) is 391 cm³/mol. The van der Waals surface area contributed by atoms with Crippen LogP contribution in [0.15, 0.2) is 0 Å². The van der Waals surface area contributed by atoms with Crippen LogP contribution >= 0.6 is 15.6 Å². The molecule has 0 bridgehead atoms. The lowest BCUT2D eigenvalue weighted by Crippen LogP contribution is -2.30. The van der Waals surface area contributed by atoms with Crippen LogP contribution in [0, 0.1) is 17.8 Å². The highest BCUT2D eigenvalue weighted by atomic mass is 31.2. The van der Waals surface area contributed by atoms with E-state index in [-0.39, 0.29) is 25.7 Å². The van der Waals surface area contributed by atoms with E-state index >= 15 is 0 Å². The molecule has 19 heteroatoms. The van der Waals surface area contributed by atoms with Crippen molar-refractivity contribution < 1.29 is 80.2 Å². The lowest BCUT2D eigenvalue weighted by molar-refractivity contribution is -0.161. The second-order valence-corrected chi connectivity index (χ2v) is 32.1. The van der Waals surface area contributed by atoms with Crippen molar-refractivity contribution >= 4 is 39.5 Å². The van der Waals surface area contributed by atoms with E-state index in [1.165, 1.54) is 199 Å². The number of unbranched alkanes of at least 4 members (excludes halogenated alkanes) is 43. The molecule has 5 atom stereocenters. The third-order valence-electron chi connectivity index (χ3n) is 17.9. The van der Waals surface area contributed by atoms with Gasteiger partial charge in [-0.05, 0) is 43.4 Å². The molecule has 0 aliphatic rings. The quantitative estimate of drug-likeness (QED) is 0.0222. The molecule has 0 heterocycles.